The van der Waals surface area contributed by atoms with Crippen molar-refractivity contribution >= 4 is 46.6 Å². The minimum Gasteiger partial charge on any atom is -0.412 e. The van der Waals surface area contributed by atoms with E-state index in [2.05, 4.69) is 0 Å². The number of carbonyl (C=O) groups excluding carboxylic acids is 4. The lowest BCUT2D eigenvalue weighted by molar-refractivity contribution is -0.150. The number of aryl methyl sites for hydroxylation is 1. The number of nitrogens with zero attached hydrogens (tertiary/aromatic N) is 1. The fraction of sp³-hybridized carbons (Fsp3) is 0.333. The summed E-state index contributed by atoms with van der Waals surface area (Å²) < 4.78 is 0. The largest absolute Gasteiger partial charge is 0.412 e. The molecule has 2 rings (SSSR count). The van der Waals surface area contributed by atoms with Gasteiger partial charge >= 0.3 is 0 Å². The number of halogens is 2. The van der Waals surface area contributed by atoms with E-state index in [1.54, 1.807) is 31.2 Å². The maximum atomic E-state index is 12.5. The van der Waals surface area contributed by atoms with Gasteiger partial charge in [0.05, 0.1) is 0 Å². The highest BCUT2D eigenvalue weighted by Crippen LogP contribution is 2.23. The average molecular weight is 360 g/mol. The van der Waals surface area contributed by atoms with Crippen molar-refractivity contribution < 1.29 is 24.7 Å². The number of likely N-dealkylation sites (tertiary alicyclic amines) is 1. The number of imide groups is 1. The molecular weight excluding hydrogens is 345 g/mol. The number of ketones is 2. The van der Waals surface area contributed by atoms with E-state index in [1.165, 1.54) is 0 Å². The van der Waals surface area contributed by atoms with Gasteiger partial charge in [0, 0.05) is 18.5 Å². The number of carbonyl (C=O) groups is 4. The average Bonchev–Trinajstić information content (AvgIpc) is 2.47. The molecule has 1 aliphatic rings. The summed E-state index contributed by atoms with van der Waals surface area (Å²) >= 11 is 11.0. The van der Waals surface area contributed by atoms with Gasteiger partial charge in [-0.1, -0.05) is 47.5 Å². The van der Waals surface area contributed by atoms with Crippen LogP contribution in [0.4, 0.5) is 0 Å². The molecule has 1 aromatic carbocycles. The van der Waals surface area contributed by atoms with E-state index in [0.717, 1.165) is 4.90 Å². The Morgan fingerprint density at radius 2 is 1.83 bits per heavy atom. The van der Waals surface area contributed by atoms with Crippen molar-refractivity contribution in [3.8, 4) is 0 Å². The van der Waals surface area contributed by atoms with Crippen molar-refractivity contribution in [3.63, 3.8) is 0 Å². The van der Waals surface area contributed by atoms with Gasteiger partial charge < -0.3 is 5.48 Å². The number of hydrogen-bond donors (Lipinski definition) is 0. The number of amides is 2. The quantitative estimate of drug-likeness (QED) is 0.457. The highest BCUT2D eigenvalue weighted by atomic mass is 35.5. The van der Waals surface area contributed by atoms with E-state index < -0.39 is 34.1 Å². The molecule has 1 heterocycles. The third kappa shape index (κ3) is 3.77. The zero-order valence-electron chi connectivity index (χ0n) is 12.2. The summed E-state index contributed by atoms with van der Waals surface area (Å²) in [5, 5.41) is 0. The van der Waals surface area contributed by atoms with Crippen LogP contribution in [-0.4, -0.2) is 45.1 Å². The van der Waals surface area contributed by atoms with Crippen molar-refractivity contribution in [2.75, 3.05) is 6.54 Å². The first-order chi connectivity index (χ1) is 10.3. The maximum Gasteiger partial charge on any atom is 0.262 e. The van der Waals surface area contributed by atoms with Gasteiger partial charge in [-0.05, 0) is 12.5 Å². The molecule has 8 heteroatoms. The number of hydrogen-bond acceptors (Lipinski definition) is 4. The van der Waals surface area contributed by atoms with Crippen LogP contribution in [0, 0.1) is 12.8 Å². The Bertz CT molecular complexity index is 659. The lowest BCUT2D eigenvalue weighted by atomic mass is 9.86. The van der Waals surface area contributed by atoms with Crippen LogP contribution in [-0.2, 0) is 14.4 Å². The lowest BCUT2D eigenvalue weighted by Gasteiger charge is -2.29. The van der Waals surface area contributed by atoms with Crippen LogP contribution >= 0.6 is 23.2 Å². The summed E-state index contributed by atoms with van der Waals surface area (Å²) in [7, 11) is 0. The molecule has 1 aliphatic heterocycles. The molecule has 0 spiro atoms. The summed E-state index contributed by atoms with van der Waals surface area (Å²) in [4.78, 5) is 48.1. The highest BCUT2D eigenvalue weighted by molar-refractivity contribution is 6.54. The van der Waals surface area contributed by atoms with E-state index in [0.29, 0.717) is 5.56 Å². The summed E-state index contributed by atoms with van der Waals surface area (Å²) in [6.07, 6.45) is -0.0831. The Morgan fingerprint density at radius 3 is 2.39 bits per heavy atom. The minimum absolute atomic E-state index is 0. The summed E-state index contributed by atoms with van der Waals surface area (Å²) in [6.45, 7) is 1.60. The van der Waals surface area contributed by atoms with Crippen molar-refractivity contribution in [1.82, 2.24) is 4.90 Å². The van der Waals surface area contributed by atoms with Crippen molar-refractivity contribution in [1.29, 1.82) is 0 Å². The summed E-state index contributed by atoms with van der Waals surface area (Å²) in [5.74, 6) is -4.29. The van der Waals surface area contributed by atoms with E-state index >= 15 is 0 Å². The third-order valence-corrected chi connectivity index (χ3v) is 3.92. The van der Waals surface area contributed by atoms with Gasteiger partial charge in [-0.25, -0.2) is 0 Å². The molecule has 2 N–H and O–H groups in total. The molecule has 0 bridgehead atoms. The second-order valence-electron chi connectivity index (χ2n) is 4.96. The van der Waals surface area contributed by atoms with Gasteiger partial charge in [-0.3, -0.25) is 24.1 Å². The molecular formula is C15H15Cl2NO5. The van der Waals surface area contributed by atoms with E-state index in [4.69, 9.17) is 23.2 Å². The summed E-state index contributed by atoms with van der Waals surface area (Å²) in [5.41, 5.74) is 0.945. The zero-order chi connectivity index (χ0) is 16.4. The highest BCUT2D eigenvalue weighted by Gasteiger charge is 2.44. The molecule has 1 unspecified atom stereocenters. The molecule has 0 aromatic heterocycles. The molecule has 6 nitrogen and oxygen atoms in total. The minimum atomic E-state index is -1.51. The summed E-state index contributed by atoms with van der Waals surface area (Å²) in [6, 6.07) is 6.65. The first-order valence-corrected chi connectivity index (χ1v) is 7.47. The number of alkyl halides is 2. The first-order valence-electron chi connectivity index (χ1n) is 6.60. The second-order valence-corrected chi connectivity index (χ2v) is 6.05. The molecule has 0 saturated carbocycles. The van der Waals surface area contributed by atoms with Crippen LogP contribution in [0.15, 0.2) is 24.3 Å². The van der Waals surface area contributed by atoms with Crippen LogP contribution < -0.4 is 0 Å². The van der Waals surface area contributed by atoms with Crippen LogP contribution in [0.1, 0.15) is 22.3 Å². The SMILES string of the molecule is Cc1ccccc1C(=O)C1C(=O)CCN(C(=O)C(Cl)Cl)C1=O.O. The molecule has 0 aliphatic carbocycles. The van der Waals surface area contributed by atoms with Gasteiger partial charge in [-0.15, -0.1) is 0 Å². The van der Waals surface area contributed by atoms with E-state index in [-0.39, 0.29) is 24.0 Å². The van der Waals surface area contributed by atoms with Gasteiger partial charge in [-0.2, -0.15) is 0 Å². The van der Waals surface area contributed by atoms with Crippen LogP contribution in [0.25, 0.3) is 0 Å². The number of Topliss-reactive ketones (excluding diaryl/α,β-unsaturated/α-hetero) is 2. The fourth-order valence-electron chi connectivity index (χ4n) is 2.37. The maximum absolute atomic E-state index is 12.5. The molecule has 1 aromatic rings. The van der Waals surface area contributed by atoms with Crippen molar-refractivity contribution in [3.05, 3.63) is 35.4 Å². The molecule has 124 valence electrons. The predicted octanol–water partition coefficient (Wildman–Crippen LogP) is 1.10. The lowest BCUT2D eigenvalue weighted by Crippen LogP contribution is -2.52. The standard InChI is InChI=1S/C15H13Cl2NO4.H2O/c1-8-4-2-3-5-9(8)12(20)11-10(19)6-7-18(14(11)21)15(22)13(16)17;/h2-5,11,13H,6-7H2,1H3;1H2. The van der Waals surface area contributed by atoms with Gasteiger partial charge in [0.2, 0.25) is 5.91 Å². The third-order valence-electron chi connectivity index (χ3n) is 3.54. The zero-order valence-corrected chi connectivity index (χ0v) is 13.7. The molecule has 1 atom stereocenters. The molecule has 0 radical (unpaired) electrons. The molecule has 1 fully saturated rings. The fourth-order valence-corrected chi connectivity index (χ4v) is 2.61. The molecule has 23 heavy (non-hydrogen) atoms. The van der Waals surface area contributed by atoms with Crippen molar-refractivity contribution in [2.24, 2.45) is 5.92 Å². The molecule has 2 amide bonds. The van der Waals surface area contributed by atoms with Crippen molar-refractivity contribution in [2.45, 2.75) is 18.2 Å². The Balaban J connectivity index is 0.00000264. The monoisotopic (exact) mass is 359 g/mol. The Kier molecular flexibility index (Phi) is 6.44. The van der Waals surface area contributed by atoms with E-state index in [9.17, 15) is 19.2 Å². The van der Waals surface area contributed by atoms with Crippen LogP contribution in [0.2, 0.25) is 0 Å². The van der Waals surface area contributed by atoms with Gasteiger partial charge in [0.25, 0.3) is 5.91 Å². The predicted molar refractivity (Wildman–Crippen MR) is 84.5 cm³/mol. The number of piperidine rings is 1. The Labute approximate surface area is 142 Å². The Hall–Kier alpha value is -1.76. The smallest absolute Gasteiger partial charge is 0.262 e. The normalized spacial score (nSPS) is 17.9. The second kappa shape index (κ2) is 7.68. The van der Waals surface area contributed by atoms with Crippen LogP contribution in [0.3, 0.4) is 0 Å². The molecule has 1 saturated heterocycles. The van der Waals surface area contributed by atoms with Gasteiger partial charge in [0.1, 0.15) is 0 Å². The van der Waals surface area contributed by atoms with E-state index in [1.807, 2.05) is 0 Å². The first kappa shape index (κ1) is 19.3. The van der Waals surface area contributed by atoms with Gasteiger partial charge in [0.15, 0.2) is 22.3 Å². The Morgan fingerprint density at radius 1 is 1.22 bits per heavy atom. The topological polar surface area (TPSA) is 103 Å². The number of rotatable bonds is 3. The number of benzene rings is 1. The van der Waals surface area contributed by atoms with Crippen LogP contribution in [0.5, 0.6) is 0 Å².